The molecule has 18 heavy (non-hydrogen) atoms. The number of β-amino-alcohol motifs (C(OH)–C–C–N with tert-alkyl or cyclic N) is 1. The van der Waals surface area contributed by atoms with Crippen LogP contribution in [0.15, 0.2) is 23.2 Å². The fourth-order valence-corrected chi connectivity index (χ4v) is 3.07. The Labute approximate surface area is 108 Å². The molecule has 1 aromatic rings. The molecule has 7 heteroatoms. The van der Waals surface area contributed by atoms with Crippen LogP contribution in [0.4, 0.5) is 0 Å². The minimum Gasteiger partial charge on any atom is -0.387 e. The summed E-state index contributed by atoms with van der Waals surface area (Å²) in [5.41, 5.74) is 4.82. The van der Waals surface area contributed by atoms with Gasteiger partial charge < -0.3 is 10.8 Å². The number of rotatable bonds is 3. The van der Waals surface area contributed by atoms with Crippen LogP contribution in [0.3, 0.4) is 0 Å². The molecular formula is C11H14N4O2S. The molecular weight excluding hydrogens is 252 g/mol. The Morgan fingerprint density at radius 3 is 2.94 bits per heavy atom. The van der Waals surface area contributed by atoms with Crippen molar-refractivity contribution in [1.29, 1.82) is 5.26 Å². The minimum atomic E-state index is -1.37. The Hall–Kier alpha value is -1.33. The maximum atomic E-state index is 12.2. The summed E-state index contributed by atoms with van der Waals surface area (Å²) in [6.07, 6.45) is 1.94. The first-order valence-corrected chi connectivity index (χ1v) is 6.64. The van der Waals surface area contributed by atoms with Crippen LogP contribution in [0.1, 0.15) is 12.1 Å². The number of hydrogen-bond acceptors (Lipinski definition) is 5. The third-order valence-electron chi connectivity index (χ3n) is 2.96. The standard InChI is InChI=1S/C11H14N4O2S/c12-5-9-1-2-10(6-14-9)18(17)15-4-3-11(16,7-13)8-15/h1-2,6,16H,3-4,7-8,13H2. The first kappa shape index (κ1) is 13.1. The highest BCUT2D eigenvalue weighted by atomic mass is 32.2. The van der Waals surface area contributed by atoms with Gasteiger partial charge >= 0.3 is 0 Å². The molecule has 0 spiro atoms. The Kier molecular flexibility index (Phi) is 3.73. The van der Waals surface area contributed by atoms with E-state index in [9.17, 15) is 9.32 Å². The summed E-state index contributed by atoms with van der Waals surface area (Å²) in [7, 11) is -1.37. The molecule has 0 bridgehead atoms. The lowest BCUT2D eigenvalue weighted by atomic mass is 10.1. The molecule has 0 saturated carbocycles. The van der Waals surface area contributed by atoms with Crippen molar-refractivity contribution in [1.82, 2.24) is 9.29 Å². The second-order valence-corrected chi connectivity index (χ2v) is 5.77. The van der Waals surface area contributed by atoms with E-state index >= 15 is 0 Å². The fraction of sp³-hybridized carbons (Fsp3) is 0.455. The normalized spacial score (nSPS) is 25.8. The maximum Gasteiger partial charge on any atom is 0.140 e. The highest BCUT2D eigenvalue weighted by molar-refractivity contribution is 7.82. The molecule has 0 aliphatic carbocycles. The zero-order valence-electron chi connectivity index (χ0n) is 9.74. The first-order valence-electron chi connectivity index (χ1n) is 5.53. The van der Waals surface area contributed by atoms with Gasteiger partial charge in [0, 0.05) is 25.8 Å². The van der Waals surface area contributed by atoms with Crippen LogP contribution in [0, 0.1) is 11.3 Å². The first-order chi connectivity index (χ1) is 8.58. The number of nitrogens with two attached hydrogens (primary N) is 1. The molecule has 1 saturated heterocycles. The number of aromatic nitrogens is 1. The summed E-state index contributed by atoms with van der Waals surface area (Å²) in [6.45, 7) is 0.975. The molecule has 1 aliphatic rings. The molecule has 6 nitrogen and oxygen atoms in total. The summed E-state index contributed by atoms with van der Waals surface area (Å²) >= 11 is 0. The van der Waals surface area contributed by atoms with Gasteiger partial charge in [0.2, 0.25) is 0 Å². The van der Waals surface area contributed by atoms with Crippen LogP contribution in [-0.2, 0) is 11.0 Å². The van der Waals surface area contributed by atoms with E-state index in [0.29, 0.717) is 17.9 Å². The molecule has 2 heterocycles. The van der Waals surface area contributed by atoms with E-state index in [1.54, 1.807) is 10.4 Å². The summed E-state index contributed by atoms with van der Waals surface area (Å²) in [5, 5.41) is 18.6. The Balaban J connectivity index is 2.11. The van der Waals surface area contributed by atoms with Crippen LogP contribution < -0.4 is 5.73 Å². The van der Waals surface area contributed by atoms with Gasteiger partial charge in [-0.1, -0.05) is 0 Å². The minimum absolute atomic E-state index is 0.159. The maximum absolute atomic E-state index is 12.2. The molecule has 2 unspecified atom stereocenters. The monoisotopic (exact) mass is 266 g/mol. The molecule has 2 atom stereocenters. The van der Waals surface area contributed by atoms with Crippen molar-refractivity contribution >= 4 is 11.0 Å². The molecule has 1 fully saturated rings. The summed E-state index contributed by atoms with van der Waals surface area (Å²) in [5.74, 6) is 0. The molecule has 96 valence electrons. The van der Waals surface area contributed by atoms with Crippen molar-refractivity contribution in [2.75, 3.05) is 19.6 Å². The average molecular weight is 266 g/mol. The van der Waals surface area contributed by atoms with E-state index < -0.39 is 16.6 Å². The van der Waals surface area contributed by atoms with Crippen molar-refractivity contribution in [2.45, 2.75) is 16.9 Å². The number of pyridine rings is 1. The predicted octanol–water partition coefficient (Wildman–Crippen LogP) is -0.629. The Bertz CT molecular complexity index is 499. The smallest absolute Gasteiger partial charge is 0.140 e. The largest absolute Gasteiger partial charge is 0.387 e. The quantitative estimate of drug-likeness (QED) is 0.758. The van der Waals surface area contributed by atoms with E-state index in [-0.39, 0.29) is 18.8 Å². The van der Waals surface area contributed by atoms with Crippen molar-refractivity contribution in [3.05, 3.63) is 24.0 Å². The second-order valence-electron chi connectivity index (χ2n) is 4.28. The van der Waals surface area contributed by atoms with Crippen molar-refractivity contribution in [3.8, 4) is 6.07 Å². The molecule has 2 rings (SSSR count). The van der Waals surface area contributed by atoms with E-state index in [1.165, 1.54) is 12.3 Å². The third-order valence-corrected chi connectivity index (χ3v) is 4.39. The highest BCUT2D eigenvalue weighted by Crippen LogP contribution is 2.23. The van der Waals surface area contributed by atoms with Crippen molar-refractivity contribution in [2.24, 2.45) is 5.73 Å². The van der Waals surface area contributed by atoms with Crippen LogP contribution in [0.5, 0.6) is 0 Å². The van der Waals surface area contributed by atoms with E-state index in [4.69, 9.17) is 11.0 Å². The van der Waals surface area contributed by atoms with E-state index in [1.807, 2.05) is 6.07 Å². The number of hydrogen-bond donors (Lipinski definition) is 2. The van der Waals surface area contributed by atoms with Gasteiger partial charge in [-0.15, -0.1) is 0 Å². The summed E-state index contributed by atoms with van der Waals surface area (Å²) in [6, 6.07) is 5.04. The lowest BCUT2D eigenvalue weighted by molar-refractivity contribution is 0.0655. The Morgan fingerprint density at radius 2 is 2.44 bits per heavy atom. The molecule has 0 aromatic carbocycles. The molecule has 0 amide bonds. The Morgan fingerprint density at radius 1 is 1.67 bits per heavy atom. The van der Waals surface area contributed by atoms with Crippen molar-refractivity contribution in [3.63, 3.8) is 0 Å². The third kappa shape index (κ3) is 2.57. The number of nitriles is 1. The molecule has 3 N–H and O–H groups in total. The molecule has 1 aliphatic heterocycles. The van der Waals surface area contributed by atoms with Gasteiger partial charge in [0.05, 0.1) is 10.5 Å². The SMILES string of the molecule is N#Cc1ccc(S(=O)N2CCC(O)(CN)C2)cn1. The highest BCUT2D eigenvalue weighted by Gasteiger charge is 2.37. The van der Waals surface area contributed by atoms with Crippen LogP contribution >= 0.6 is 0 Å². The zero-order chi connectivity index (χ0) is 13.2. The van der Waals surface area contributed by atoms with Crippen LogP contribution in [0.25, 0.3) is 0 Å². The average Bonchev–Trinajstić information content (AvgIpc) is 2.81. The van der Waals surface area contributed by atoms with E-state index in [0.717, 1.165) is 0 Å². The molecule has 0 radical (unpaired) electrons. The van der Waals surface area contributed by atoms with Crippen LogP contribution in [-0.4, -0.2) is 43.8 Å². The lowest BCUT2D eigenvalue weighted by Crippen LogP contribution is -2.40. The number of nitrogens with zero attached hydrogens (tertiary/aromatic N) is 3. The summed E-state index contributed by atoms with van der Waals surface area (Å²) in [4.78, 5) is 4.40. The topological polar surface area (TPSA) is 103 Å². The summed E-state index contributed by atoms with van der Waals surface area (Å²) < 4.78 is 13.9. The van der Waals surface area contributed by atoms with Gasteiger partial charge in [-0.2, -0.15) is 5.26 Å². The van der Waals surface area contributed by atoms with Gasteiger partial charge in [0.25, 0.3) is 0 Å². The second kappa shape index (κ2) is 5.12. The van der Waals surface area contributed by atoms with Gasteiger partial charge in [-0.25, -0.2) is 13.5 Å². The lowest BCUT2D eigenvalue weighted by Gasteiger charge is -2.20. The predicted molar refractivity (Wildman–Crippen MR) is 65.6 cm³/mol. The van der Waals surface area contributed by atoms with Gasteiger partial charge in [0.15, 0.2) is 0 Å². The number of aliphatic hydroxyl groups is 1. The van der Waals surface area contributed by atoms with Gasteiger partial charge in [0.1, 0.15) is 22.7 Å². The fourth-order valence-electron chi connectivity index (χ4n) is 1.83. The molecule has 1 aromatic heterocycles. The van der Waals surface area contributed by atoms with Gasteiger partial charge in [-0.3, -0.25) is 0 Å². The van der Waals surface area contributed by atoms with Gasteiger partial charge in [-0.05, 0) is 18.6 Å². The van der Waals surface area contributed by atoms with Crippen LogP contribution in [0.2, 0.25) is 0 Å². The zero-order valence-corrected chi connectivity index (χ0v) is 10.6. The van der Waals surface area contributed by atoms with Crippen molar-refractivity contribution < 1.29 is 9.32 Å². The van der Waals surface area contributed by atoms with E-state index in [2.05, 4.69) is 4.98 Å².